The Bertz CT molecular complexity index is 519. The van der Waals surface area contributed by atoms with E-state index in [-0.39, 0.29) is 10.9 Å². The minimum atomic E-state index is -1.03. The Balaban J connectivity index is 2.22. The average Bonchev–Trinajstić information content (AvgIpc) is 2.87. The molecule has 2 aromatic rings. The second kappa shape index (κ2) is 5.66. The van der Waals surface area contributed by atoms with Crippen molar-refractivity contribution in [2.24, 2.45) is 0 Å². The van der Waals surface area contributed by atoms with Gasteiger partial charge in [-0.25, -0.2) is 4.68 Å². The first-order valence-electron chi connectivity index (χ1n) is 5.13. The summed E-state index contributed by atoms with van der Waals surface area (Å²) in [5, 5.41) is 31.1. The van der Waals surface area contributed by atoms with Crippen molar-refractivity contribution >= 4 is 24.2 Å². The molecular formula is C10H11ClN4O2S. The lowest BCUT2D eigenvalue weighted by molar-refractivity contribution is 0.0337. The molecule has 8 heteroatoms. The molecule has 2 heterocycles. The van der Waals surface area contributed by atoms with Gasteiger partial charge < -0.3 is 10.2 Å². The summed E-state index contributed by atoms with van der Waals surface area (Å²) in [4.78, 5) is 0. The van der Waals surface area contributed by atoms with Gasteiger partial charge in [0, 0.05) is 17.5 Å². The maximum atomic E-state index is 9.78. The van der Waals surface area contributed by atoms with E-state index in [0.29, 0.717) is 11.4 Å². The van der Waals surface area contributed by atoms with Gasteiger partial charge in [0.05, 0.1) is 12.3 Å². The highest BCUT2D eigenvalue weighted by molar-refractivity contribution is 7.80. The highest BCUT2D eigenvalue weighted by atomic mass is 35.5. The summed E-state index contributed by atoms with van der Waals surface area (Å²) in [5.74, 6) is 0.630. The lowest BCUT2D eigenvalue weighted by Crippen LogP contribution is -2.19. The second-order valence-electron chi connectivity index (χ2n) is 3.63. The van der Waals surface area contributed by atoms with Crippen molar-refractivity contribution in [3.8, 4) is 5.82 Å². The number of hydrogen-bond acceptors (Lipinski definition) is 6. The third-order valence-corrected chi connectivity index (χ3v) is 2.92. The molecule has 18 heavy (non-hydrogen) atoms. The van der Waals surface area contributed by atoms with Crippen molar-refractivity contribution in [2.45, 2.75) is 12.2 Å². The van der Waals surface area contributed by atoms with E-state index in [9.17, 15) is 10.2 Å². The Labute approximate surface area is 114 Å². The summed E-state index contributed by atoms with van der Waals surface area (Å²) in [5.41, 5.74) is 0.480. The zero-order valence-electron chi connectivity index (χ0n) is 9.18. The van der Waals surface area contributed by atoms with Gasteiger partial charge in [0.15, 0.2) is 11.0 Å². The smallest absolute Gasteiger partial charge is 0.175 e. The van der Waals surface area contributed by atoms with Crippen LogP contribution in [0.5, 0.6) is 0 Å². The molecule has 2 aromatic heterocycles. The minimum Gasteiger partial charge on any atom is -0.389 e. The van der Waals surface area contributed by atoms with E-state index in [0.717, 1.165) is 0 Å². The first-order chi connectivity index (χ1) is 8.61. The quantitative estimate of drug-likeness (QED) is 0.719. The molecule has 2 rings (SSSR count). The van der Waals surface area contributed by atoms with Crippen LogP contribution in [-0.2, 0) is 0 Å². The number of nitrogens with zero attached hydrogens (tertiary/aromatic N) is 4. The molecular weight excluding hydrogens is 276 g/mol. The van der Waals surface area contributed by atoms with Crippen molar-refractivity contribution in [1.29, 1.82) is 0 Å². The Morgan fingerprint density at radius 3 is 2.72 bits per heavy atom. The van der Waals surface area contributed by atoms with Crippen LogP contribution in [0.25, 0.3) is 5.82 Å². The predicted octanol–water partition coefficient (Wildman–Crippen LogP) is 0.640. The Kier molecular flexibility index (Phi) is 4.18. The van der Waals surface area contributed by atoms with Crippen LogP contribution >= 0.6 is 24.2 Å². The Morgan fingerprint density at radius 1 is 1.33 bits per heavy atom. The summed E-state index contributed by atoms with van der Waals surface area (Å²) in [6.07, 6.45) is 1.04. The van der Waals surface area contributed by atoms with E-state index in [1.54, 1.807) is 18.3 Å². The first-order valence-corrected chi connectivity index (χ1v) is 6.14. The van der Waals surface area contributed by atoms with Crippen molar-refractivity contribution in [2.75, 3.05) is 5.75 Å². The van der Waals surface area contributed by atoms with Crippen molar-refractivity contribution < 1.29 is 10.2 Å². The standard InChI is InChI=1S/C10H11ClN4O2S/c11-8-1-2-9(14-13-8)15-4-6(3-12-15)10(17)7(16)5-18/h1-4,7,10,16-18H,5H2. The SMILES string of the molecule is OC(CS)C(O)c1cnn(-c2ccc(Cl)nn2)c1. The van der Waals surface area contributed by atoms with E-state index < -0.39 is 12.2 Å². The summed E-state index contributed by atoms with van der Waals surface area (Å²) >= 11 is 9.55. The van der Waals surface area contributed by atoms with Gasteiger partial charge in [0.1, 0.15) is 6.10 Å². The molecule has 2 N–H and O–H groups in total. The fraction of sp³-hybridized carbons (Fsp3) is 0.300. The fourth-order valence-corrected chi connectivity index (χ4v) is 1.67. The molecule has 2 unspecified atom stereocenters. The fourth-order valence-electron chi connectivity index (χ4n) is 1.37. The van der Waals surface area contributed by atoms with Gasteiger partial charge in [-0.3, -0.25) is 0 Å². The summed E-state index contributed by atoms with van der Waals surface area (Å²) in [6, 6.07) is 3.23. The van der Waals surface area contributed by atoms with Gasteiger partial charge in [-0.05, 0) is 12.1 Å². The number of thiol groups is 1. The lowest BCUT2D eigenvalue weighted by atomic mass is 10.1. The normalized spacial score (nSPS) is 14.4. The number of aromatic nitrogens is 4. The van der Waals surface area contributed by atoms with Crippen LogP contribution in [0.1, 0.15) is 11.7 Å². The van der Waals surface area contributed by atoms with Crippen molar-refractivity contribution in [3.63, 3.8) is 0 Å². The highest BCUT2D eigenvalue weighted by Crippen LogP contribution is 2.18. The molecule has 0 spiro atoms. The van der Waals surface area contributed by atoms with Gasteiger partial charge in [-0.1, -0.05) is 11.6 Å². The molecule has 0 aliphatic heterocycles. The van der Waals surface area contributed by atoms with Crippen molar-refractivity contribution in [1.82, 2.24) is 20.0 Å². The largest absolute Gasteiger partial charge is 0.389 e. The molecule has 0 aliphatic rings. The molecule has 2 atom stereocenters. The Hall–Kier alpha value is -1.15. The van der Waals surface area contributed by atoms with E-state index in [1.165, 1.54) is 10.9 Å². The molecule has 96 valence electrons. The van der Waals surface area contributed by atoms with Crippen LogP contribution in [0.15, 0.2) is 24.5 Å². The maximum Gasteiger partial charge on any atom is 0.175 e. The topological polar surface area (TPSA) is 84.1 Å². The number of halogens is 1. The number of aliphatic hydroxyl groups excluding tert-OH is 2. The second-order valence-corrected chi connectivity index (χ2v) is 4.38. The van der Waals surface area contributed by atoms with Gasteiger partial charge in [0.2, 0.25) is 0 Å². The van der Waals surface area contributed by atoms with E-state index in [1.807, 2.05) is 0 Å². The summed E-state index contributed by atoms with van der Waals surface area (Å²) in [7, 11) is 0. The van der Waals surface area contributed by atoms with Gasteiger partial charge in [0.25, 0.3) is 0 Å². The van der Waals surface area contributed by atoms with Crippen LogP contribution in [0, 0.1) is 0 Å². The third-order valence-electron chi connectivity index (χ3n) is 2.35. The van der Waals surface area contributed by atoms with E-state index in [4.69, 9.17) is 11.6 Å². The lowest BCUT2D eigenvalue weighted by Gasteiger charge is -2.13. The molecule has 0 saturated carbocycles. The minimum absolute atomic E-state index is 0.160. The highest BCUT2D eigenvalue weighted by Gasteiger charge is 2.18. The van der Waals surface area contributed by atoms with Gasteiger partial charge >= 0.3 is 0 Å². The van der Waals surface area contributed by atoms with E-state index >= 15 is 0 Å². The van der Waals surface area contributed by atoms with Crippen LogP contribution < -0.4 is 0 Å². The molecule has 0 radical (unpaired) electrons. The monoisotopic (exact) mass is 286 g/mol. The molecule has 0 bridgehead atoms. The zero-order chi connectivity index (χ0) is 13.1. The number of rotatable bonds is 4. The predicted molar refractivity (Wildman–Crippen MR) is 69.0 cm³/mol. The van der Waals surface area contributed by atoms with Crippen LogP contribution in [0.4, 0.5) is 0 Å². The number of hydrogen-bond donors (Lipinski definition) is 3. The van der Waals surface area contributed by atoms with Gasteiger partial charge in [-0.15, -0.1) is 10.2 Å². The maximum absolute atomic E-state index is 9.78. The van der Waals surface area contributed by atoms with Gasteiger partial charge in [-0.2, -0.15) is 17.7 Å². The molecule has 0 amide bonds. The summed E-state index contributed by atoms with van der Waals surface area (Å²) in [6.45, 7) is 0. The average molecular weight is 287 g/mol. The molecule has 0 fully saturated rings. The zero-order valence-corrected chi connectivity index (χ0v) is 10.8. The third kappa shape index (κ3) is 2.81. The van der Waals surface area contributed by atoms with Crippen LogP contribution in [0.3, 0.4) is 0 Å². The molecule has 0 aromatic carbocycles. The number of aliphatic hydroxyl groups is 2. The molecule has 0 saturated heterocycles. The van der Waals surface area contributed by atoms with Crippen molar-refractivity contribution in [3.05, 3.63) is 35.2 Å². The van der Waals surface area contributed by atoms with Crippen LogP contribution in [0.2, 0.25) is 5.15 Å². The first kappa shape index (κ1) is 13.3. The van der Waals surface area contributed by atoms with Crippen LogP contribution in [-0.4, -0.2) is 42.0 Å². The molecule has 6 nitrogen and oxygen atoms in total. The Morgan fingerprint density at radius 2 is 2.11 bits per heavy atom. The summed E-state index contributed by atoms with van der Waals surface area (Å²) < 4.78 is 1.44. The van der Waals surface area contributed by atoms with E-state index in [2.05, 4.69) is 27.9 Å². The molecule has 0 aliphatic carbocycles.